The van der Waals surface area contributed by atoms with Gasteiger partial charge in [-0.15, -0.1) is 0 Å². The van der Waals surface area contributed by atoms with Crippen LogP contribution in [0.25, 0.3) is 0 Å². The molecular weight excluding hydrogens is 331 g/mol. The van der Waals surface area contributed by atoms with E-state index in [2.05, 4.69) is 4.98 Å². The molecule has 0 bridgehead atoms. The molecule has 1 saturated heterocycles. The maximum atomic E-state index is 13.1. The SMILES string of the molecule is COCC1CN(S(=O)(=O)c2ccc(F)cc2)CC1c1ccccn1. The lowest BCUT2D eigenvalue weighted by Gasteiger charge is -2.16. The van der Waals surface area contributed by atoms with Gasteiger partial charge in [0.2, 0.25) is 10.0 Å². The fraction of sp³-hybridized carbons (Fsp3) is 0.353. The van der Waals surface area contributed by atoms with E-state index >= 15 is 0 Å². The monoisotopic (exact) mass is 350 g/mol. The minimum Gasteiger partial charge on any atom is -0.384 e. The molecule has 2 unspecified atom stereocenters. The molecular formula is C17H19FN2O3S. The Labute approximate surface area is 141 Å². The van der Waals surface area contributed by atoms with Crippen LogP contribution in [0, 0.1) is 11.7 Å². The molecule has 2 aromatic rings. The molecule has 0 radical (unpaired) electrons. The number of hydrogen-bond acceptors (Lipinski definition) is 4. The van der Waals surface area contributed by atoms with Crippen molar-refractivity contribution in [2.24, 2.45) is 5.92 Å². The smallest absolute Gasteiger partial charge is 0.243 e. The first-order valence-electron chi connectivity index (χ1n) is 7.68. The quantitative estimate of drug-likeness (QED) is 0.830. The van der Waals surface area contributed by atoms with Gasteiger partial charge in [-0.05, 0) is 36.4 Å². The van der Waals surface area contributed by atoms with Crippen LogP contribution in [0.2, 0.25) is 0 Å². The Kier molecular flexibility index (Phi) is 4.93. The first-order chi connectivity index (χ1) is 11.5. The molecule has 2 atom stereocenters. The maximum Gasteiger partial charge on any atom is 0.243 e. The Morgan fingerprint density at radius 2 is 1.96 bits per heavy atom. The number of pyridine rings is 1. The second kappa shape index (κ2) is 6.96. The van der Waals surface area contributed by atoms with Gasteiger partial charge in [-0.25, -0.2) is 12.8 Å². The highest BCUT2D eigenvalue weighted by Crippen LogP contribution is 2.34. The van der Waals surface area contributed by atoms with E-state index in [1.54, 1.807) is 13.3 Å². The lowest BCUT2D eigenvalue weighted by atomic mass is 9.93. The molecule has 5 nitrogen and oxygen atoms in total. The van der Waals surface area contributed by atoms with Crippen LogP contribution >= 0.6 is 0 Å². The van der Waals surface area contributed by atoms with E-state index in [4.69, 9.17) is 4.74 Å². The zero-order chi connectivity index (χ0) is 17.2. The number of halogens is 1. The summed E-state index contributed by atoms with van der Waals surface area (Å²) >= 11 is 0. The van der Waals surface area contributed by atoms with E-state index in [-0.39, 0.29) is 16.7 Å². The van der Waals surface area contributed by atoms with Crippen LogP contribution in [0.4, 0.5) is 4.39 Å². The number of rotatable bonds is 5. The summed E-state index contributed by atoms with van der Waals surface area (Å²) in [5, 5.41) is 0. The van der Waals surface area contributed by atoms with Crippen LogP contribution in [0.1, 0.15) is 11.6 Å². The largest absolute Gasteiger partial charge is 0.384 e. The van der Waals surface area contributed by atoms with E-state index in [0.29, 0.717) is 19.7 Å². The van der Waals surface area contributed by atoms with Gasteiger partial charge in [0.25, 0.3) is 0 Å². The van der Waals surface area contributed by atoms with E-state index in [1.807, 2.05) is 18.2 Å². The van der Waals surface area contributed by atoms with Crippen molar-refractivity contribution in [2.75, 3.05) is 26.8 Å². The Morgan fingerprint density at radius 3 is 2.58 bits per heavy atom. The number of ether oxygens (including phenoxy) is 1. The molecule has 0 saturated carbocycles. The van der Waals surface area contributed by atoms with Gasteiger partial charge in [0.15, 0.2) is 0 Å². The first-order valence-corrected chi connectivity index (χ1v) is 9.12. The van der Waals surface area contributed by atoms with Crippen LogP contribution in [0.3, 0.4) is 0 Å². The van der Waals surface area contributed by atoms with Gasteiger partial charge >= 0.3 is 0 Å². The average molecular weight is 350 g/mol. The van der Waals surface area contributed by atoms with Gasteiger partial charge in [0.1, 0.15) is 5.82 Å². The van der Waals surface area contributed by atoms with Crippen LogP contribution in [-0.2, 0) is 14.8 Å². The highest BCUT2D eigenvalue weighted by Gasteiger charge is 2.40. The zero-order valence-electron chi connectivity index (χ0n) is 13.3. The molecule has 1 aromatic heterocycles. The van der Waals surface area contributed by atoms with Crippen LogP contribution in [0.5, 0.6) is 0 Å². The second-order valence-electron chi connectivity index (χ2n) is 5.85. The third kappa shape index (κ3) is 3.33. The molecule has 128 valence electrons. The summed E-state index contributed by atoms with van der Waals surface area (Å²) < 4.78 is 45.4. The third-order valence-electron chi connectivity index (χ3n) is 4.31. The van der Waals surface area contributed by atoms with Gasteiger partial charge in [-0.2, -0.15) is 4.31 Å². The number of methoxy groups -OCH3 is 1. The van der Waals surface area contributed by atoms with E-state index in [9.17, 15) is 12.8 Å². The number of benzene rings is 1. The average Bonchev–Trinajstić information content (AvgIpc) is 3.01. The topological polar surface area (TPSA) is 59.5 Å². The van der Waals surface area contributed by atoms with Gasteiger partial charge in [0.05, 0.1) is 11.5 Å². The van der Waals surface area contributed by atoms with E-state index in [1.165, 1.54) is 16.4 Å². The van der Waals surface area contributed by atoms with Gasteiger partial charge < -0.3 is 4.74 Å². The number of sulfonamides is 1. The predicted octanol–water partition coefficient (Wildman–Crippen LogP) is 2.27. The second-order valence-corrected chi connectivity index (χ2v) is 7.79. The minimum atomic E-state index is -3.66. The predicted molar refractivity (Wildman–Crippen MR) is 87.5 cm³/mol. The third-order valence-corrected chi connectivity index (χ3v) is 6.15. The fourth-order valence-electron chi connectivity index (χ4n) is 3.10. The molecule has 1 aliphatic rings. The lowest BCUT2D eigenvalue weighted by Crippen LogP contribution is -2.29. The van der Waals surface area contributed by atoms with Gasteiger partial charge in [-0.1, -0.05) is 6.07 Å². The molecule has 1 fully saturated rings. The Bertz CT molecular complexity index is 781. The summed E-state index contributed by atoms with van der Waals surface area (Å²) in [7, 11) is -2.06. The molecule has 2 heterocycles. The fourth-order valence-corrected chi connectivity index (χ4v) is 4.62. The standard InChI is InChI=1S/C17H19FN2O3S/c1-23-12-13-10-20(11-16(13)17-4-2-3-9-19-17)24(21,22)15-7-5-14(18)6-8-15/h2-9,13,16H,10-12H2,1H3. The van der Waals surface area contributed by atoms with Crippen molar-refractivity contribution in [1.29, 1.82) is 0 Å². The number of hydrogen-bond donors (Lipinski definition) is 0. The van der Waals surface area contributed by atoms with E-state index < -0.39 is 15.8 Å². The van der Waals surface area contributed by atoms with Crippen LogP contribution < -0.4 is 0 Å². The van der Waals surface area contributed by atoms with Crippen LogP contribution in [-0.4, -0.2) is 44.5 Å². The molecule has 0 aliphatic carbocycles. The first kappa shape index (κ1) is 17.0. The number of nitrogens with zero attached hydrogens (tertiary/aromatic N) is 2. The van der Waals surface area contributed by atoms with E-state index in [0.717, 1.165) is 17.8 Å². The van der Waals surface area contributed by atoms with Crippen molar-refractivity contribution < 1.29 is 17.5 Å². The Balaban J connectivity index is 1.88. The van der Waals surface area contributed by atoms with Crippen LogP contribution in [0.15, 0.2) is 53.6 Å². The van der Waals surface area contributed by atoms with Crippen molar-refractivity contribution in [3.63, 3.8) is 0 Å². The highest BCUT2D eigenvalue weighted by atomic mass is 32.2. The summed E-state index contributed by atoms with van der Waals surface area (Å²) in [6.07, 6.45) is 1.70. The minimum absolute atomic E-state index is 0.0265. The molecule has 1 aromatic carbocycles. The maximum absolute atomic E-state index is 13.1. The number of aromatic nitrogens is 1. The Hall–Kier alpha value is -1.83. The summed E-state index contributed by atoms with van der Waals surface area (Å²) in [5.74, 6) is -0.458. The van der Waals surface area contributed by atoms with Gasteiger partial charge in [0, 0.05) is 43.9 Å². The Morgan fingerprint density at radius 1 is 1.21 bits per heavy atom. The normalized spacial score (nSPS) is 21.9. The van der Waals surface area contributed by atoms with Gasteiger partial charge in [-0.3, -0.25) is 4.98 Å². The summed E-state index contributed by atoms with van der Waals surface area (Å²) in [6, 6.07) is 10.5. The highest BCUT2D eigenvalue weighted by molar-refractivity contribution is 7.89. The molecule has 0 N–H and O–H groups in total. The summed E-state index contributed by atoms with van der Waals surface area (Å²) in [6.45, 7) is 1.15. The molecule has 3 rings (SSSR count). The summed E-state index contributed by atoms with van der Waals surface area (Å²) in [5.41, 5.74) is 0.858. The summed E-state index contributed by atoms with van der Waals surface area (Å²) in [4.78, 5) is 4.47. The van der Waals surface area contributed by atoms with Crippen molar-refractivity contribution in [3.05, 3.63) is 60.2 Å². The van der Waals surface area contributed by atoms with Crippen molar-refractivity contribution >= 4 is 10.0 Å². The molecule has 24 heavy (non-hydrogen) atoms. The molecule has 0 amide bonds. The van der Waals surface area contributed by atoms with Crippen molar-refractivity contribution in [3.8, 4) is 0 Å². The zero-order valence-corrected chi connectivity index (χ0v) is 14.1. The van der Waals surface area contributed by atoms with Crippen molar-refractivity contribution in [1.82, 2.24) is 9.29 Å². The van der Waals surface area contributed by atoms with Crippen molar-refractivity contribution in [2.45, 2.75) is 10.8 Å². The molecule has 0 spiro atoms. The molecule has 1 aliphatic heterocycles. The molecule has 7 heteroatoms. The lowest BCUT2D eigenvalue weighted by molar-refractivity contribution is 0.150.